The van der Waals surface area contributed by atoms with E-state index in [1.54, 1.807) is 0 Å². The average Bonchev–Trinajstić information content (AvgIpc) is 3.04. The number of hydrogen-bond acceptors (Lipinski definition) is 10. The number of ether oxygens (including phenoxy) is 1. The Kier molecular flexibility index (Phi) is 7.16. The third-order valence-electron chi connectivity index (χ3n) is 5.37. The van der Waals surface area contributed by atoms with E-state index >= 15 is 0 Å². The highest BCUT2D eigenvalue weighted by molar-refractivity contribution is 7.48. The lowest BCUT2D eigenvalue weighted by Crippen LogP contribution is -2.45. The van der Waals surface area contributed by atoms with Gasteiger partial charge >= 0.3 is 13.5 Å². The third kappa shape index (κ3) is 5.05. The summed E-state index contributed by atoms with van der Waals surface area (Å²) in [5.74, 6) is -0.580. The lowest BCUT2D eigenvalue weighted by molar-refractivity contribution is -0.127. The molecule has 17 heteroatoms. The summed E-state index contributed by atoms with van der Waals surface area (Å²) in [7, 11) is -4.36. The molecule has 3 N–H and O–H groups in total. The van der Waals surface area contributed by atoms with Gasteiger partial charge in [-0.25, -0.2) is 13.8 Å². The molecule has 1 aromatic heterocycles. The summed E-state index contributed by atoms with van der Waals surface area (Å²) in [6.45, 7) is -1.03. The van der Waals surface area contributed by atoms with Crippen LogP contribution in [0.2, 0.25) is 5.02 Å². The molecule has 14 nitrogen and oxygen atoms in total. The number of aliphatic hydroxyl groups is 2. The zero-order chi connectivity index (χ0) is 25.4. The van der Waals surface area contributed by atoms with Crippen LogP contribution in [-0.2, 0) is 22.9 Å². The van der Waals surface area contributed by atoms with Gasteiger partial charge in [-0.1, -0.05) is 22.8 Å². The van der Waals surface area contributed by atoms with Gasteiger partial charge in [0, 0.05) is 34.2 Å². The summed E-state index contributed by atoms with van der Waals surface area (Å²) in [6.07, 6.45) is -5.08. The molecule has 35 heavy (non-hydrogen) atoms. The number of nitrogens with one attached hydrogen (secondary N) is 1. The van der Waals surface area contributed by atoms with Crippen molar-refractivity contribution >= 4 is 19.4 Å². The highest BCUT2D eigenvalue weighted by atomic mass is 35.5. The number of nitrogens with zero attached hydrogens (tertiary/aromatic N) is 4. The van der Waals surface area contributed by atoms with Gasteiger partial charge in [0.15, 0.2) is 6.23 Å². The first kappa shape index (κ1) is 25.5. The minimum atomic E-state index is -4.36. The highest BCUT2D eigenvalue weighted by Crippen LogP contribution is 2.58. The molecule has 0 amide bonds. The van der Waals surface area contributed by atoms with Crippen LogP contribution in [0.25, 0.3) is 10.4 Å². The summed E-state index contributed by atoms with van der Waals surface area (Å²) in [5, 5.41) is 24.5. The lowest BCUT2D eigenvalue weighted by atomic mass is 10.1. The lowest BCUT2D eigenvalue weighted by Gasteiger charge is -2.32. The van der Waals surface area contributed by atoms with Gasteiger partial charge in [-0.2, -0.15) is 0 Å². The average molecular weight is 534 g/mol. The molecule has 3 heterocycles. The molecule has 2 fully saturated rings. The Balaban J connectivity index is 1.56. The normalized spacial score (nSPS) is 32.8. The first-order valence-corrected chi connectivity index (χ1v) is 11.9. The van der Waals surface area contributed by atoms with Crippen LogP contribution in [0.15, 0.2) is 45.2 Å². The molecule has 2 aliphatic rings. The summed E-state index contributed by atoms with van der Waals surface area (Å²) in [5.41, 5.74) is 5.30. The van der Waals surface area contributed by atoms with E-state index in [2.05, 4.69) is 10.0 Å². The van der Waals surface area contributed by atoms with E-state index in [1.165, 1.54) is 6.07 Å². The van der Waals surface area contributed by atoms with Crippen molar-refractivity contribution in [3.63, 3.8) is 0 Å². The fourth-order valence-corrected chi connectivity index (χ4v) is 5.34. The van der Waals surface area contributed by atoms with Crippen molar-refractivity contribution in [2.45, 2.75) is 36.7 Å². The molecule has 0 saturated carbocycles. The number of aliphatic hydroxyl groups excluding tert-OH is 2. The summed E-state index contributed by atoms with van der Waals surface area (Å²) in [6, 6.07) is 4.52. The van der Waals surface area contributed by atoms with Crippen molar-refractivity contribution in [3.05, 3.63) is 78.1 Å². The molecule has 2 aliphatic heterocycles. The number of aromatic nitrogens is 2. The van der Waals surface area contributed by atoms with Gasteiger partial charge in [-0.3, -0.25) is 27.9 Å². The predicted molar refractivity (Wildman–Crippen MR) is 115 cm³/mol. The van der Waals surface area contributed by atoms with E-state index in [0.29, 0.717) is 5.56 Å². The van der Waals surface area contributed by atoms with Gasteiger partial charge in [0.2, 0.25) is 5.72 Å². The Morgan fingerprint density at radius 2 is 2.17 bits per heavy atom. The quantitative estimate of drug-likeness (QED) is 0.215. The topological polar surface area (TPSA) is 198 Å². The Hall–Kier alpha value is -2.58. The van der Waals surface area contributed by atoms with E-state index in [1.807, 2.05) is 4.98 Å². The zero-order valence-corrected chi connectivity index (χ0v) is 19.2. The van der Waals surface area contributed by atoms with Crippen LogP contribution in [0.5, 0.6) is 0 Å². The molecule has 0 bridgehead atoms. The van der Waals surface area contributed by atoms with Crippen molar-refractivity contribution in [1.82, 2.24) is 9.55 Å². The maximum absolute atomic E-state index is 13.4. The van der Waals surface area contributed by atoms with Crippen molar-refractivity contribution in [3.8, 4) is 0 Å². The van der Waals surface area contributed by atoms with Crippen LogP contribution in [0.3, 0.4) is 0 Å². The molecule has 0 aliphatic carbocycles. The summed E-state index contributed by atoms with van der Waals surface area (Å²) >= 11 is 6.05. The second-order valence-electron chi connectivity index (χ2n) is 7.60. The molecule has 4 rings (SSSR count). The second-order valence-corrected chi connectivity index (χ2v) is 9.63. The van der Waals surface area contributed by atoms with Crippen molar-refractivity contribution < 1.29 is 37.5 Å². The van der Waals surface area contributed by atoms with Crippen LogP contribution < -0.4 is 11.2 Å². The fourth-order valence-electron chi connectivity index (χ4n) is 3.65. The van der Waals surface area contributed by atoms with Crippen molar-refractivity contribution in [2.75, 3.05) is 13.2 Å². The Bertz CT molecular complexity index is 1330. The number of azide groups is 1. The molecule has 0 radical (unpaired) electrons. The minimum absolute atomic E-state index is 0.0286. The number of rotatable bonds is 6. The Morgan fingerprint density at radius 1 is 1.40 bits per heavy atom. The van der Waals surface area contributed by atoms with Gasteiger partial charge < -0.3 is 14.9 Å². The van der Waals surface area contributed by atoms with Crippen LogP contribution in [0.1, 0.15) is 24.3 Å². The van der Waals surface area contributed by atoms with Crippen LogP contribution in [-0.4, -0.2) is 50.9 Å². The summed E-state index contributed by atoms with van der Waals surface area (Å²) < 4.78 is 48.6. The van der Waals surface area contributed by atoms with Gasteiger partial charge in [-0.05, 0) is 17.7 Å². The second kappa shape index (κ2) is 9.82. The monoisotopic (exact) mass is 533 g/mol. The molecule has 2 aromatic rings. The summed E-state index contributed by atoms with van der Waals surface area (Å²) in [4.78, 5) is 28.0. The van der Waals surface area contributed by atoms with E-state index in [4.69, 9.17) is 35.4 Å². The third-order valence-corrected chi connectivity index (χ3v) is 7.15. The van der Waals surface area contributed by atoms with Gasteiger partial charge in [-0.15, -0.1) is 0 Å². The van der Waals surface area contributed by atoms with E-state index in [0.717, 1.165) is 29.0 Å². The number of hydrogen-bond donors (Lipinski definition) is 3. The molecule has 1 aromatic carbocycles. The Labute approximate surface area is 200 Å². The van der Waals surface area contributed by atoms with Crippen molar-refractivity contribution in [1.29, 1.82) is 0 Å². The van der Waals surface area contributed by atoms with E-state index in [9.17, 15) is 28.8 Å². The van der Waals surface area contributed by atoms with Crippen LogP contribution >= 0.6 is 19.4 Å². The van der Waals surface area contributed by atoms with Crippen LogP contribution in [0.4, 0.5) is 4.39 Å². The molecular formula is C18H18ClFN5O9P. The molecule has 1 unspecified atom stereocenters. The molecular weight excluding hydrogens is 516 g/mol. The minimum Gasteiger partial charge on any atom is -0.387 e. The fraction of sp³-hybridized carbons (Fsp3) is 0.444. The van der Waals surface area contributed by atoms with Gasteiger partial charge in [0.1, 0.15) is 18.0 Å². The number of phosphoric ester groups is 1. The molecule has 2 saturated heterocycles. The Morgan fingerprint density at radius 3 is 2.86 bits per heavy atom. The van der Waals surface area contributed by atoms with Gasteiger partial charge in [0.05, 0.1) is 19.3 Å². The standard InChI is InChI=1S/C18H18ClFN5O9P/c19-11-7-9(20)1-2-10(11)12-4-6-31-35(30,34-12)32-8-18(23-24-21)15(28)14(27)16(33-18)25-5-3-13(26)22-17(25)29/h1-3,5,7,12,14-16,27-28H,4,6,8H2,(H,22,26,29)/t12-,14+,15-,16+,18+,35?/m0/s1. The smallest absolute Gasteiger partial charge is 0.387 e. The van der Waals surface area contributed by atoms with E-state index in [-0.39, 0.29) is 18.1 Å². The number of benzene rings is 1. The maximum Gasteiger partial charge on any atom is 0.475 e. The first-order chi connectivity index (χ1) is 16.6. The SMILES string of the molecule is [N-]=[N+]=N[C@]1(COP2(=O)OCC[C@@H](c3ccc(F)cc3Cl)O2)O[C@@H](n2ccc(=O)[nH]c2=O)[C@H](O)[C@@H]1O. The number of halogens is 2. The zero-order valence-electron chi connectivity index (χ0n) is 17.6. The largest absolute Gasteiger partial charge is 0.475 e. The van der Waals surface area contributed by atoms with E-state index < -0.39 is 61.8 Å². The molecule has 188 valence electrons. The molecule has 6 atom stereocenters. The number of aromatic amines is 1. The predicted octanol–water partition coefficient (Wildman–Crippen LogP) is 1.89. The van der Waals surface area contributed by atoms with Crippen LogP contribution in [0, 0.1) is 5.82 Å². The first-order valence-electron chi connectivity index (χ1n) is 10.0. The number of H-pyrrole nitrogens is 1. The van der Waals surface area contributed by atoms with Gasteiger partial charge in [0.25, 0.3) is 5.56 Å². The maximum atomic E-state index is 13.4. The number of phosphoric acid groups is 1. The highest BCUT2D eigenvalue weighted by Gasteiger charge is 2.56. The molecule has 0 spiro atoms. The van der Waals surface area contributed by atoms with Crippen molar-refractivity contribution in [2.24, 2.45) is 5.11 Å².